The summed E-state index contributed by atoms with van der Waals surface area (Å²) in [5, 5.41) is 6.55. The number of aryl methyl sites for hydroxylation is 1. The number of ether oxygens (including phenoxy) is 1. The molecule has 1 heterocycles. The van der Waals surface area contributed by atoms with Crippen molar-refractivity contribution >= 4 is 23.2 Å². The van der Waals surface area contributed by atoms with E-state index in [0.29, 0.717) is 6.54 Å². The van der Waals surface area contributed by atoms with Crippen molar-refractivity contribution in [2.45, 2.75) is 19.8 Å². The second kappa shape index (κ2) is 8.34. The van der Waals surface area contributed by atoms with Crippen molar-refractivity contribution in [1.29, 1.82) is 0 Å². The van der Waals surface area contributed by atoms with E-state index in [1.165, 1.54) is 22.5 Å². The van der Waals surface area contributed by atoms with E-state index in [0.717, 1.165) is 12.0 Å². The van der Waals surface area contributed by atoms with Gasteiger partial charge in [0.15, 0.2) is 6.61 Å². The monoisotopic (exact) mass is 317 g/mol. The molecule has 0 saturated carbocycles. The van der Waals surface area contributed by atoms with Crippen LogP contribution in [-0.4, -0.2) is 25.0 Å². The molecule has 0 atom stereocenters. The molecule has 2 rings (SSSR count). The molecule has 0 saturated heterocycles. The van der Waals surface area contributed by atoms with Gasteiger partial charge in [-0.2, -0.15) is 11.3 Å². The minimum Gasteiger partial charge on any atom is -0.455 e. The third-order valence-electron chi connectivity index (χ3n) is 3.27. The Morgan fingerprint density at radius 2 is 2.05 bits per heavy atom. The topological polar surface area (TPSA) is 55.4 Å². The molecule has 0 aliphatic carbocycles. The molecule has 0 fully saturated rings. The first-order chi connectivity index (χ1) is 10.6. The number of esters is 1. The highest BCUT2D eigenvalue weighted by atomic mass is 32.1. The number of carbonyl (C=O) groups is 2. The van der Waals surface area contributed by atoms with Gasteiger partial charge in [-0.15, -0.1) is 0 Å². The SMILES string of the molecule is Cc1ccccc1CCNC(=O)COC(=O)Cc1ccsc1. The Labute approximate surface area is 134 Å². The number of rotatable bonds is 7. The normalized spacial score (nSPS) is 10.2. The third-order valence-corrected chi connectivity index (χ3v) is 4.00. The standard InChI is InChI=1S/C17H19NO3S/c1-13-4-2-3-5-15(13)6-8-18-16(19)11-21-17(20)10-14-7-9-22-12-14/h2-5,7,9,12H,6,8,10-11H2,1H3,(H,18,19). The molecule has 2 aromatic rings. The van der Waals surface area contributed by atoms with Crippen molar-refractivity contribution in [1.82, 2.24) is 5.32 Å². The van der Waals surface area contributed by atoms with E-state index in [-0.39, 0.29) is 24.9 Å². The van der Waals surface area contributed by atoms with Gasteiger partial charge in [0, 0.05) is 6.54 Å². The van der Waals surface area contributed by atoms with Crippen molar-refractivity contribution in [2.75, 3.05) is 13.2 Å². The van der Waals surface area contributed by atoms with Crippen LogP contribution in [-0.2, 0) is 27.2 Å². The Kier molecular flexibility index (Phi) is 6.15. The van der Waals surface area contributed by atoms with Crippen LogP contribution in [0.2, 0.25) is 0 Å². The first kappa shape index (κ1) is 16.2. The summed E-state index contributed by atoms with van der Waals surface area (Å²) in [6.45, 7) is 2.35. The summed E-state index contributed by atoms with van der Waals surface area (Å²) in [6.07, 6.45) is 0.973. The van der Waals surface area contributed by atoms with Crippen molar-refractivity contribution in [2.24, 2.45) is 0 Å². The zero-order valence-electron chi connectivity index (χ0n) is 12.5. The van der Waals surface area contributed by atoms with Gasteiger partial charge >= 0.3 is 5.97 Å². The van der Waals surface area contributed by atoms with Gasteiger partial charge in [0.05, 0.1) is 6.42 Å². The van der Waals surface area contributed by atoms with Gasteiger partial charge < -0.3 is 10.1 Å². The summed E-state index contributed by atoms with van der Waals surface area (Å²) >= 11 is 1.53. The number of amides is 1. The lowest BCUT2D eigenvalue weighted by Crippen LogP contribution is -2.30. The van der Waals surface area contributed by atoms with Gasteiger partial charge in [-0.1, -0.05) is 24.3 Å². The van der Waals surface area contributed by atoms with Crippen LogP contribution in [0.3, 0.4) is 0 Å². The lowest BCUT2D eigenvalue weighted by Gasteiger charge is -2.08. The fourth-order valence-corrected chi connectivity index (χ4v) is 2.70. The zero-order valence-corrected chi connectivity index (χ0v) is 13.3. The highest BCUT2D eigenvalue weighted by Gasteiger charge is 2.08. The van der Waals surface area contributed by atoms with E-state index >= 15 is 0 Å². The number of thiophene rings is 1. The maximum absolute atomic E-state index is 11.6. The number of benzene rings is 1. The third kappa shape index (κ3) is 5.33. The Hall–Kier alpha value is -2.14. The summed E-state index contributed by atoms with van der Waals surface area (Å²) in [4.78, 5) is 23.2. The van der Waals surface area contributed by atoms with Crippen LogP contribution in [0.1, 0.15) is 16.7 Å². The summed E-state index contributed by atoms with van der Waals surface area (Å²) in [7, 11) is 0. The second-order valence-corrected chi connectivity index (χ2v) is 5.78. The average Bonchev–Trinajstić information content (AvgIpc) is 3.00. The molecule has 0 unspecified atom stereocenters. The molecule has 4 nitrogen and oxygen atoms in total. The molecule has 22 heavy (non-hydrogen) atoms. The fraction of sp³-hybridized carbons (Fsp3) is 0.294. The summed E-state index contributed by atoms with van der Waals surface area (Å²) < 4.78 is 4.96. The van der Waals surface area contributed by atoms with Crippen LogP contribution in [0, 0.1) is 6.92 Å². The number of nitrogens with one attached hydrogen (secondary N) is 1. The van der Waals surface area contributed by atoms with Gasteiger partial charge in [-0.25, -0.2) is 0 Å². The maximum Gasteiger partial charge on any atom is 0.310 e. The van der Waals surface area contributed by atoms with Gasteiger partial charge in [0.1, 0.15) is 0 Å². The molecule has 1 amide bonds. The van der Waals surface area contributed by atoms with Crippen LogP contribution in [0.5, 0.6) is 0 Å². The highest BCUT2D eigenvalue weighted by molar-refractivity contribution is 7.07. The smallest absolute Gasteiger partial charge is 0.310 e. The van der Waals surface area contributed by atoms with E-state index in [1.54, 1.807) is 0 Å². The van der Waals surface area contributed by atoms with Crippen LogP contribution < -0.4 is 5.32 Å². The zero-order chi connectivity index (χ0) is 15.8. The molecule has 116 valence electrons. The number of hydrogen-bond acceptors (Lipinski definition) is 4. The van der Waals surface area contributed by atoms with E-state index < -0.39 is 0 Å². The van der Waals surface area contributed by atoms with E-state index in [1.807, 2.05) is 48.0 Å². The summed E-state index contributed by atoms with van der Waals surface area (Å²) in [6, 6.07) is 9.93. The van der Waals surface area contributed by atoms with Gasteiger partial charge in [0.25, 0.3) is 5.91 Å². The Morgan fingerprint density at radius 1 is 1.23 bits per heavy atom. The van der Waals surface area contributed by atoms with E-state index in [9.17, 15) is 9.59 Å². The molecular weight excluding hydrogens is 298 g/mol. The molecule has 0 aliphatic heterocycles. The first-order valence-corrected chi connectivity index (χ1v) is 8.07. The van der Waals surface area contributed by atoms with Crippen LogP contribution in [0.25, 0.3) is 0 Å². The summed E-state index contributed by atoms with van der Waals surface area (Å²) in [5.74, 6) is -0.653. The first-order valence-electron chi connectivity index (χ1n) is 7.13. The minimum atomic E-state index is -0.382. The minimum absolute atomic E-state index is 0.208. The quantitative estimate of drug-likeness (QED) is 0.798. The maximum atomic E-state index is 11.6. The van der Waals surface area contributed by atoms with Crippen LogP contribution in [0.15, 0.2) is 41.1 Å². The molecule has 1 aromatic heterocycles. The number of carbonyl (C=O) groups excluding carboxylic acids is 2. The van der Waals surface area contributed by atoms with Crippen LogP contribution in [0.4, 0.5) is 0 Å². The largest absolute Gasteiger partial charge is 0.455 e. The lowest BCUT2D eigenvalue weighted by molar-refractivity contribution is -0.147. The Morgan fingerprint density at radius 3 is 2.77 bits per heavy atom. The predicted octanol–water partition coefficient (Wildman–Crippen LogP) is 2.50. The van der Waals surface area contributed by atoms with Crippen molar-refractivity contribution in [3.8, 4) is 0 Å². The van der Waals surface area contributed by atoms with Gasteiger partial charge in [-0.3, -0.25) is 9.59 Å². The molecule has 0 aliphatic rings. The predicted molar refractivity (Wildman–Crippen MR) is 86.9 cm³/mol. The molecule has 0 spiro atoms. The molecule has 0 radical (unpaired) electrons. The summed E-state index contributed by atoms with van der Waals surface area (Å²) in [5.41, 5.74) is 3.33. The molecule has 5 heteroatoms. The van der Waals surface area contributed by atoms with Crippen molar-refractivity contribution in [3.05, 3.63) is 57.8 Å². The second-order valence-electron chi connectivity index (χ2n) is 5.00. The lowest BCUT2D eigenvalue weighted by atomic mass is 10.1. The Balaban J connectivity index is 1.64. The van der Waals surface area contributed by atoms with E-state index in [2.05, 4.69) is 5.32 Å². The van der Waals surface area contributed by atoms with Crippen molar-refractivity contribution < 1.29 is 14.3 Å². The number of hydrogen-bond donors (Lipinski definition) is 1. The van der Waals surface area contributed by atoms with Gasteiger partial charge in [0.2, 0.25) is 0 Å². The van der Waals surface area contributed by atoms with E-state index in [4.69, 9.17) is 4.74 Å². The van der Waals surface area contributed by atoms with Crippen molar-refractivity contribution in [3.63, 3.8) is 0 Å². The molecule has 1 aromatic carbocycles. The fourth-order valence-electron chi connectivity index (χ4n) is 2.04. The highest BCUT2D eigenvalue weighted by Crippen LogP contribution is 2.07. The van der Waals surface area contributed by atoms with Gasteiger partial charge in [-0.05, 0) is 46.9 Å². The Bertz CT molecular complexity index is 623. The molecule has 0 bridgehead atoms. The molecule has 1 N–H and O–H groups in total. The average molecular weight is 317 g/mol. The van der Waals surface area contributed by atoms with Crippen LogP contribution >= 0.6 is 11.3 Å². The molecular formula is C17H19NO3S.